The number of hydrogen-bond donors (Lipinski definition) is 0. The number of hydrogen-bond acceptors (Lipinski definition) is 3. The lowest BCUT2D eigenvalue weighted by Gasteiger charge is -2.04. The molecule has 0 radical (unpaired) electrons. The van der Waals surface area contributed by atoms with Gasteiger partial charge >= 0.3 is 0 Å². The maximum absolute atomic E-state index is 5.66. The van der Waals surface area contributed by atoms with Gasteiger partial charge in [0.25, 0.3) is 0 Å². The van der Waals surface area contributed by atoms with Crippen LogP contribution < -0.4 is 9.47 Å². The third-order valence-corrected chi connectivity index (χ3v) is 6.11. The van der Waals surface area contributed by atoms with Crippen LogP contribution in [-0.2, 0) is 0 Å². The standard InChI is InChI=1S/C26H22Br2O2S/c27-17-1-19-29-23-9-3-21(4-10-23)7-13-25-15-16-26(31-25)14-8-22-5-11-24(12-6-22)30-20-2-18-28/h3-6,9-12,15-16H,1-2,17-20H2. The molecule has 0 N–H and O–H groups in total. The molecule has 1 heterocycles. The normalized spacial score (nSPS) is 9.87. The van der Waals surface area contributed by atoms with Gasteiger partial charge in [0.15, 0.2) is 0 Å². The Morgan fingerprint density at radius 2 is 1.00 bits per heavy atom. The number of halogens is 2. The predicted molar refractivity (Wildman–Crippen MR) is 137 cm³/mol. The highest BCUT2D eigenvalue weighted by Gasteiger charge is 1.97. The first-order chi connectivity index (χ1) is 15.3. The number of thiophene rings is 1. The molecule has 3 aromatic rings. The zero-order valence-electron chi connectivity index (χ0n) is 17.0. The zero-order chi connectivity index (χ0) is 21.7. The first kappa shape index (κ1) is 23.5. The Hall–Kier alpha value is -2.18. The maximum Gasteiger partial charge on any atom is 0.119 e. The molecular formula is C26H22Br2O2S. The number of rotatable bonds is 8. The Morgan fingerprint density at radius 3 is 1.39 bits per heavy atom. The molecule has 0 aliphatic rings. The summed E-state index contributed by atoms with van der Waals surface area (Å²) in [6, 6.07) is 19.8. The molecule has 0 aliphatic heterocycles. The molecule has 0 saturated heterocycles. The lowest BCUT2D eigenvalue weighted by atomic mass is 10.2. The summed E-state index contributed by atoms with van der Waals surface area (Å²) in [7, 11) is 0. The predicted octanol–water partition coefficient (Wildman–Crippen LogP) is 6.88. The zero-order valence-corrected chi connectivity index (χ0v) is 21.0. The highest BCUT2D eigenvalue weighted by Crippen LogP contribution is 2.16. The van der Waals surface area contributed by atoms with Crippen LogP contribution in [0.25, 0.3) is 0 Å². The molecule has 2 aromatic carbocycles. The van der Waals surface area contributed by atoms with Gasteiger partial charge in [-0.15, -0.1) is 11.3 Å². The van der Waals surface area contributed by atoms with Crippen molar-refractivity contribution in [3.05, 3.63) is 81.5 Å². The third-order valence-electron chi connectivity index (χ3n) is 4.07. The van der Waals surface area contributed by atoms with Crippen LogP contribution in [0, 0.1) is 23.7 Å². The van der Waals surface area contributed by atoms with Gasteiger partial charge in [0.1, 0.15) is 11.5 Å². The second-order valence-corrected chi connectivity index (χ2v) is 9.16. The molecule has 0 saturated carbocycles. The van der Waals surface area contributed by atoms with E-state index in [2.05, 4.69) is 55.5 Å². The monoisotopic (exact) mass is 556 g/mol. The Balaban J connectivity index is 1.56. The first-order valence-electron chi connectivity index (χ1n) is 9.98. The van der Waals surface area contributed by atoms with Gasteiger partial charge < -0.3 is 9.47 Å². The van der Waals surface area contributed by atoms with Gasteiger partial charge in [0.2, 0.25) is 0 Å². The van der Waals surface area contributed by atoms with E-state index in [1.165, 1.54) is 0 Å². The van der Waals surface area contributed by atoms with Crippen molar-refractivity contribution in [3.63, 3.8) is 0 Å². The molecule has 0 amide bonds. The minimum Gasteiger partial charge on any atom is -0.494 e. The van der Waals surface area contributed by atoms with E-state index in [1.54, 1.807) is 11.3 Å². The van der Waals surface area contributed by atoms with Crippen LogP contribution >= 0.6 is 43.2 Å². The van der Waals surface area contributed by atoms with Crippen LogP contribution in [0.5, 0.6) is 11.5 Å². The number of alkyl halides is 2. The quantitative estimate of drug-likeness (QED) is 0.171. The van der Waals surface area contributed by atoms with Crippen molar-refractivity contribution in [2.75, 3.05) is 23.9 Å². The minimum atomic E-state index is 0.713. The topological polar surface area (TPSA) is 18.5 Å². The van der Waals surface area contributed by atoms with Gasteiger partial charge in [0, 0.05) is 21.8 Å². The fourth-order valence-electron chi connectivity index (χ4n) is 2.50. The molecule has 0 unspecified atom stereocenters. The van der Waals surface area contributed by atoms with Crippen molar-refractivity contribution in [2.45, 2.75) is 12.8 Å². The van der Waals surface area contributed by atoms with Crippen LogP contribution in [0.3, 0.4) is 0 Å². The lowest BCUT2D eigenvalue weighted by molar-refractivity contribution is 0.319. The number of benzene rings is 2. The average molecular weight is 558 g/mol. The van der Waals surface area contributed by atoms with E-state index in [1.807, 2.05) is 60.7 Å². The van der Waals surface area contributed by atoms with Crippen molar-refractivity contribution in [2.24, 2.45) is 0 Å². The van der Waals surface area contributed by atoms with Gasteiger partial charge in [0.05, 0.1) is 23.0 Å². The molecule has 0 aliphatic carbocycles. The van der Waals surface area contributed by atoms with Crippen molar-refractivity contribution in [3.8, 4) is 35.2 Å². The van der Waals surface area contributed by atoms with Crippen molar-refractivity contribution in [1.29, 1.82) is 0 Å². The molecule has 0 bridgehead atoms. The van der Waals surface area contributed by atoms with E-state index >= 15 is 0 Å². The molecule has 0 atom stereocenters. The maximum atomic E-state index is 5.66. The van der Waals surface area contributed by atoms with Gasteiger partial charge in [-0.1, -0.05) is 55.5 Å². The Bertz CT molecular complexity index is 979. The Kier molecular flexibility index (Phi) is 10.1. The SMILES string of the molecule is BrCCCOc1ccc(C#Cc2ccc(C#Cc3ccc(OCCCBr)cc3)s2)cc1. The van der Waals surface area contributed by atoms with E-state index < -0.39 is 0 Å². The van der Waals surface area contributed by atoms with Crippen LogP contribution in [0.2, 0.25) is 0 Å². The smallest absolute Gasteiger partial charge is 0.119 e. The van der Waals surface area contributed by atoms with Crippen LogP contribution in [0.1, 0.15) is 33.7 Å². The molecule has 1 aromatic heterocycles. The highest BCUT2D eigenvalue weighted by molar-refractivity contribution is 9.09. The van der Waals surface area contributed by atoms with E-state index in [0.717, 1.165) is 55.9 Å². The van der Waals surface area contributed by atoms with E-state index in [0.29, 0.717) is 13.2 Å². The second kappa shape index (κ2) is 13.3. The summed E-state index contributed by atoms with van der Waals surface area (Å²) in [4.78, 5) is 2.00. The fourth-order valence-corrected chi connectivity index (χ4v) is 3.67. The summed E-state index contributed by atoms with van der Waals surface area (Å²) in [6.07, 6.45) is 1.98. The van der Waals surface area contributed by atoms with E-state index in [-0.39, 0.29) is 0 Å². The summed E-state index contributed by atoms with van der Waals surface area (Å²) in [5, 5.41) is 1.89. The van der Waals surface area contributed by atoms with E-state index in [9.17, 15) is 0 Å². The van der Waals surface area contributed by atoms with Crippen molar-refractivity contribution < 1.29 is 9.47 Å². The molecule has 3 rings (SSSR count). The molecule has 0 fully saturated rings. The van der Waals surface area contributed by atoms with E-state index in [4.69, 9.17) is 9.47 Å². The lowest BCUT2D eigenvalue weighted by Crippen LogP contribution is -1.97. The van der Waals surface area contributed by atoms with Crippen molar-refractivity contribution in [1.82, 2.24) is 0 Å². The van der Waals surface area contributed by atoms with Crippen molar-refractivity contribution >= 4 is 43.2 Å². The largest absolute Gasteiger partial charge is 0.494 e. The molecular weight excluding hydrogens is 536 g/mol. The first-order valence-corrected chi connectivity index (χ1v) is 13.0. The van der Waals surface area contributed by atoms with Gasteiger partial charge in [-0.05, 0) is 73.5 Å². The molecule has 158 valence electrons. The minimum absolute atomic E-state index is 0.713. The number of ether oxygens (including phenoxy) is 2. The van der Waals surface area contributed by atoms with Crippen LogP contribution in [-0.4, -0.2) is 23.9 Å². The van der Waals surface area contributed by atoms with Gasteiger partial charge in [-0.2, -0.15) is 0 Å². The summed E-state index contributed by atoms with van der Waals surface area (Å²) < 4.78 is 11.3. The molecule has 0 spiro atoms. The highest BCUT2D eigenvalue weighted by atomic mass is 79.9. The molecule has 31 heavy (non-hydrogen) atoms. The fraction of sp³-hybridized carbons (Fsp3) is 0.231. The second-order valence-electron chi connectivity index (χ2n) is 6.49. The summed E-state index contributed by atoms with van der Waals surface area (Å²) in [5.41, 5.74) is 1.93. The third kappa shape index (κ3) is 8.46. The van der Waals surface area contributed by atoms with Gasteiger partial charge in [-0.3, -0.25) is 0 Å². The summed E-state index contributed by atoms with van der Waals surface area (Å²) in [5.74, 6) is 14.6. The van der Waals surface area contributed by atoms with Crippen LogP contribution in [0.15, 0.2) is 60.7 Å². The average Bonchev–Trinajstić information content (AvgIpc) is 3.26. The molecule has 5 heteroatoms. The summed E-state index contributed by atoms with van der Waals surface area (Å²) >= 11 is 8.40. The van der Waals surface area contributed by atoms with Crippen LogP contribution in [0.4, 0.5) is 0 Å². The summed E-state index contributed by atoms with van der Waals surface area (Å²) in [6.45, 7) is 1.43. The Morgan fingerprint density at radius 1 is 0.581 bits per heavy atom. The van der Waals surface area contributed by atoms with Gasteiger partial charge in [-0.25, -0.2) is 0 Å². The molecule has 2 nitrogen and oxygen atoms in total. The Labute approximate surface area is 205 Å².